The molecule has 0 aromatic rings. The molecule has 0 bridgehead atoms. The molecule has 1 amide bonds. The minimum atomic E-state index is -0.421. The second-order valence-electron chi connectivity index (χ2n) is 7.51. The van der Waals surface area contributed by atoms with Gasteiger partial charge in [-0.1, -0.05) is 33.6 Å². The first-order valence-corrected chi connectivity index (χ1v) is 7.09. The van der Waals surface area contributed by atoms with Crippen LogP contribution in [0.2, 0.25) is 0 Å². The number of hydrogen-bond acceptors (Lipinski definition) is 2. The van der Waals surface area contributed by atoms with Crippen LogP contribution in [0.4, 0.5) is 4.79 Å². The lowest BCUT2D eigenvalue weighted by Gasteiger charge is -2.40. The number of carbonyl (C=O) groups is 1. The van der Waals surface area contributed by atoms with Crippen LogP contribution >= 0.6 is 0 Å². The van der Waals surface area contributed by atoms with Gasteiger partial charge in [-0.05, 0) is 44.9 Å². The summed E-state index contributed by atoms with van der Waals surface area (Å²) >= 11 is 0. The first kappa shape index (κ1) is 15.3. The Morgan fingerprint density at radius 3 is 2.11 bits per heavy atom. The number of carbonyl (C=O) groups excluding carboxylic acids is 1. The van der Waals surface area contributed by atoms with Crippen molar-refractivity contribution in [3.63, 3.8) is 0 Å². The zero-order valence-corrected chi connectivity index (χ0v) is 12.8. The summed E-state index contributed by atoms with van der Waals surface area (Å²) in [6.45, 7) is 12.5. The van der Waals surface area contributed by atoms with Crippen LogP contribution in [0.15, 0.2) is 0 Å². The minimum Gasteiger partial charge on any atom is -0.444 e. The highest BCUT2D eigenvalue weighted by atomic mass is 16.6. The molecule has 1 aliphatic carbocycles. The Bertz CT molecular complexity index is 286. The van der Waals surface area contributed by atoms with E-state index < -0.39 is 5.60 Å². The van der Waals surface area contributed by atoms with Crippen molar-refractivity contribution in [1.82, 2.24) is 5.32 Å². The van der Waals surface area contributed by atoms with E-state index in [9.17, 15) is 4.79 Å². The number of alkyl carbamates (subject to hydrolysis) is 1. The quantitative estimate of drug-likeness (QED) is 0.765. The van der Waals surface area contributed by atoms with E-state index in [4.69, 9.17) is 4.74 Å². The lowest BCUT2D eigenvalue weighted by Crippen LogP contribution is -2.48. The molecule has 1 aliphatic rings. The van der Waals surface area contributed by atoms with Gasteiger partial charge in [0.15, 0.2) is 0 Å². The maximum absolute atomic E-state index is 11.9. The van der Waals surface area contributed by atoms with Crippen molar-refractivity contribution >= 4 is 6.09 Å². The van der Waals surface area contributed by atoms with Crippen LogP contribution in [-0.4, -0.2) is 17.7 Å². The maximum Gasteiger partial charge on any atom is 0.407 e. The molecule has 1 fully saturated rings. The van der Waals surface area contributed by atoms with E-state index in [0.717, 1.165) is 6.42 Å². The molecule has 0 aromatic heterocycles. The van der Waals surface area contributed by atoms with Crippen LogP contribution in [0.3, 0.4) is 0 Å². The van der Waals surface area contributed by atoms with E-state index in [-0.39, 0.29) is 17.6 Å². The Kier molecular flexibility index (Phi) is 4.68. The third kappa shape index (κ3) is 4.87. The van der Waals surface area contributed by atoms with E-state index >= 15 is 0 Å². The smallest absolute Gasteiger partial charge is 0.407 e. The molecule has 1 saturated carbocycles. The second-order valence-corrected chi connectivity index (χ2v) is 7.51. The van der Waals surface area contributed by atoms with Gasteiger partial charge < -0.3 is 10.1 Å². The molecule has 1 rings (SSSR count). The first-order valence-electron chi connectivity index (χ1n) is 7.09. The highest BCUT2D eigenvalue weighted by Gasteiger charge is 2.35. The second kappa shape index (κ2) is 5.50. The van der Waals surface area contributed by atoms with Crippen LogP contribution in [-0.2, 0) is 4.74 Å². The lowest BCUT2D eigenvalue weighted by atomic mass is 9.69. The Hall–Kier alpha value is -0.730. The summed E-state index contributed by atoms with van der Waals surface area (Å²) in [5.74, 6) is 0.541. The predicted octanol–water partition coefficient (Wildman–Crippen LogP) is 4.12. The number of rotatable bonds is 1. The summed E-state index contributed by atoms with van der Waals surface area (Å²) in [5.41, 5.74) is -0.184. The number of amides is 1. The van der Waals surface area contributed by atoms with Gasteiger partial charge in [0, 0.05) is 6.04 Å². The summed E-state index contributed by atoms with van der Waals surface area (Å²) in [4.78, 5) is 11.9. The van der Waals surface area contributed by atoms with Crippen molar-refractivity contribution in [3.8, 4) is 0 Å². The maximum atomic E-state index is 11.9. The number of ether oxygens (including phenoxy) is 1. The number of nitrogens with one attached hydrogen (secondary N) is 1. The molecular weight excluding hydrogens is 226 g/mol. The molecule has 0 radical (unpaired) electrons. The Morgan fingerprint density at radius 1 is 1.06 bits per heavy atom. The Balaban J connectivity index is 2.60. The van der Waals surface area contributed by atoms with E-state index in [1.165, 1.54) is 19.3 Å². The molecule has 3 heteroatoms. The van der Waals surface area contributed by atoms with Crippen LogP contribution in [0.1, 0.15) is 67.2 Å². The average molecular weight is 255 g/mol. The largest absolute Gasteiger partial charge is 0.444 e. The monoisotopic (exact) mass is 255 g/mol. The molecule has 0 spiro atoms. The topological polar surface area (TPSA) is 38.3 Å². The summed E-state index contributed by atoms with van der Waals surface area (Å²) in [6.07, 6.45) is 4.47. The van der Waals surface area contributed by atoms with Crippen molar-refractivity contribution in [2.45, 2.75) is 78.9 Å². The Morgan fingerprint density at radius 2 is 1.61 bits per heavy atom. The van der Waals surface area contributed by atoms with Crippen molar-refractivity contribution in [3.05, 3.63) is 0 Å². The van der Waals surface area contributed by atoms with Gasteiger partial charge in [-0.15, -0.1) is 0 Å². The summed E-state index contributed by atoms with van der Waals surface area (Å²) in [7, 11) is 0. The Labute approximate surface area is 112 Å². The fraction of sp³-hybridized carbons (Fsp3) is 0.933. The van der Waals surface area contributed by atoms with E-state index in [2.05, 4.69) is 26.1 Å². The average Bonchev–Trinajstić information content (AvgIpc) is 2.13. The molecule has 3 nitrogen and oxygen atoms in total. The fourth-order valence-electron chi connectivity index (χ4n) is 2.80. The lowest BCUT2D eigenvalue weighted by molar-refractivity contribution is 0.0415. The van der Waals surface area contributed by atoms with Crippen LogP contribution in [0.5, 0.6) is 0 Å². The standard InChI is InChI=1S/C15H29NO2/c1-14(2,3)11-9-7-8-10-12(11)16-13(17)18-15(4,5)6/h11-12H,7-10H2,1-6H3,(H,16,17). The fourth-order valence-corrected chi connectivity index (χ4v) is 2.80. The molecule has 0 aliphatic heterocycles. The summed E-state index contributed by atoms with van der Waals surface area (Å²) in [5, 5.41) is 3.07. The predicted molar refractivity (Wildman–Crippen MR) is 74.6 cm³/mol. The molecular formula is C15H29NO2. The molecule has 18 heavy (non-hydrogen) atoms. The van der Waals surface area contributed by atoms with E-state index in [0.29, 0.717) is 5.92 Å². The van der Waals surface area contributed by atoms with Crippen LogP contribution < -0.4 is 5.32 Å². The third-order valence-corrected chi connectivity index (χ3v) is 3.58. The molecule has 0 aromatic carbocycles. The van der Waals surface area contributed by atoms with Crippen molar-refractivity contribution < 1.29 is 9.53 Å². The van der Waals surface area contributed by atoms with E-state index in [1.807, 2.05) is 20.8 Å². The van der Waals surface area contributed by atoms with Gasteiger partial charge in [0.2, 0.25) is 0 Å². The van der Waals surface area contributed by atoms with Crippen molar-refractivity contribution in [1.29, 1.82) is 0 Å². The SMILES string of the molecule is CC(C)(C)OC(=O)NC1CCCCC1C(C)(C)C. The molecule has 2 unspecified atom stereocenters. The molecule has 1 N–H and O–H groups in total. The highest BCUT2D eigenvalue weighted by molar-refractivity contribution is 5.68. The molecule has 0 saturated heterocycles. The van der Waals surface area contributed by atoms with Gasteiger partial charge in [0.1, 0.15) is 5.60 Å². The zero-order chi connectivity index (χ0) is 14.0. The molecule has 0 heterocycles. The zero-order valence-electron chi connectivity index (χ0n) is 12.8. The first-order chi connectivity index (χ1) is 8.09. The summed E-state index contributed by atoms with van der Waals surface area (Å²) in [6, 6.07) is 0.258. The third-order valence-electron chi connectivity index (χ3n) is 3.58. The highest BCUT2D eigenvalue weighted by Crippen LogP contribution is 2.38. The normalized spacial score (nSPS) is 25.7. The van der Waals surface area contributed by atoms with Gasteiger partial charge in [-0.25, -0.2) is 4.79 Å². The molecule has 2 atom stereocenters. The van der Waals surface area contributed by atoms with Gasteiger partial charge in [-0.2, -0.15) is 0 Å². The van der Waals surface area contributed by atoms with Gasteiger partial charge >= 0.3 is 6.09 Å². The van der Waals surface area contributed by atoms with E-state index in [1.54, 1.807) is 0 Å². The van der Waals surface area contributed by atoms with Gasteiger partial charge in [0.25, 0.3) is 0 Å². The number of hydrogen-bond donors (Lipinski definition) is 1. The molecule has 106 valence electrons. The minimum absolute atomic E-state index is 0.236. The van der Waals surface area contributed by atoms with Crippen molar-refractivity contribution in [2.75, 3.05) is 0 Å². The van der Waals surface area contributed by atoms with Crippen LogP contribution in [0.25, 0.3) is 0 Å². The summed E-state index contributed by atoms with van der Waals surface area (Å²) < 4.78 is 5.35. The van der Waals surface area contributed by atoms with Crippen molar-refractivity contribution in [2.24, 2.45) is 11.3 Å². The van der Waals surface area contributed by atoms with Crippen LogP contribution in [0, 0.1) is 11.3 Å². The van der Waals surface area contributed by atoms with Gasteiger partial charge in [0.05, 0.1) is 0 Å². The van der Waals surface area contributed by atoms with Gasteiger partial charge in [-0.3, -0.25) is 0 Å².